The Labute approximate surface area is 91.6 Å². The second-order valence-electron chi connectivity index (χ2n) is 4.48. The van der Waals surface area contributed by atoms with Crippen molar-refractivity contribution in [3.63, 3.8) is 0 Å². The highest BCUT2D eigenvalue weighted by Gasteiger charge is 2.38. The average Bonchev–Trinajstić information content (AvgIpc) is 2.16. The second-order valence-corrected chi connectivity index (χ2v) is 4.48. The third-order valence-corrected chi connectivity index (χ3v) is 2.81. The third-order valence-electron chi connectivity index (χ3n) is 2.81. The fourth-order valence-electron chi connectivity index (χ4n) is 2.15. The monoisotopic (exact) mass is 217 g/mol. The van der Waals surface area contributed by atoms with Gasteiger partial charge in [-0.15, -0.1) is 0 Å². The SMILES string of the molecule is CCO[C@@H]1[C@@H](O)[C@H](NC(C)C)CC[C@H]1O. The average molecular weight is 217 g/mol. The first-order valence-electron chi connectivity index (χ1n) is 5.80. The van der Waals surface area contributed by atoms with Crippen molar-refractivity contribution in [3.05, 3.63) is 0 Å². The first-order valence-corrected chi connectivity index (χ1v) is 5.80. The Morgan fingerprint density at radius 2 is 2.00 bits per heavy atom. The van der Waals surface area contributed by atoms with Gasteiger partial charge in [-0.3, -0.25) is 0 Å². The molecule has 0 aliphatic heterocycles. The molecule has 0 amide bonds. The Hall–Kier alpha value is -0.160. The van der Waals surface area contributed by atoms with E-state index in [1.54, 1.807) is 0 Å². The number of aliphatic hydroxyl groups excluding tert-OH is 2. The van der Waals surface area contributed by atoms with Crippen molar-refractivity contribution >= 4 is 0 Å². The lowest BCUT2D eigenvalue weighted by atomic mass is 9.87. The maximum absolute atomic E-state index is 10.0. The number of rotatable bonds is 4. The van der Waals surface area contributed by atoms with Crippen LogP contribution in [0, 0.1) is 0 Å². The van der Waals surface area contributed by atoms with Crippen LogP contribution in [0.3, 0.4) is 0 Å². The molecule has 90 valence electrons. The van der Waals surface area contributed by atoms with E-state index in [1.165, 1.54) is 0 Å². The molecule has 0 saturated heterocycles. The summed E-state index contributed by atoms with van der Waals surface area (Å²) in [5.74, 6) is 0. The first kappa shape index (κ1) is 12.9. The van der Waals surface area contributed by atoms with Gasteiger partial charge in [0.1, 0.15) is 6.10 Å². The molecule has 0 radical (unpaired) electrons. The van der Waals surface area contributed by atoms with Crippen molar-refractivity contribution in [2.45, 2.75) is 64.0 Å². The zero-order valence-electron chi connectivity index (χ0n) is 9.81. The van der Waals surface area contributed by atoms with Crippen LogP contribution in [0.5, 0.6) is 0 Å². The van der Waals surface area contributed by atoms with Gasteiger partial charge in [-0.2, -0.15) is 0 Å². The number of ether oxygens (including phenoxy) is 1. The molecule has 3 N–H and O–H groups in total. The van der Waals surface area contributed by atoms with Crippen LogP contribution in [0.15, 0.2) is 0 Å². The molecule has 4 nitrogen and oxygen atoms in total. The van der Waals surface area contributed by atoms with Crippen molar-refractivity contribution in [2.24, 2.45) is 0 Å². The van der Waals surface area contributed by atoms with Crippen LogP contribution in [0.2, 0.25) is 0 Å². The van der Waals surface area contributed by atoms with E-state index in [4.69, 9.17) is 4.74 Å². The van der Waals surface area contributed by atoms with Gasteiger partial charge in [0, 0.05) is 18.7 Å². The van der Waals surface area contributed by atoms with Crippen molar-refractivity contribution < 1.29 is 14.9 Å². The molecule has 4 heteroatoms. The number of aliphatic hydroxyl groups is 2. The molecule has 1 fully saturated rings. The van der Waals surface area contributed by atoms with Gasteiger partial charge in [0.15, 0.2) is 0 Å². The molecule has 1 rings (SSSR count). The molecule has 15 heavy (non-hydrogen) atoms. The van der Waals surface area contributed by atoms with Gasteiger partial charge in [0.25, 0.3) is 0 Å². The minimum atomic E-state index is -0.615. The summed E-state index contributed by atoms with van der Waals surface area (Å²) in [4.78, 5) is 0. The number of nitrogens with one attached hydrogen (secondary N) is 1. The summed E-state index contributed by atoms with van der Waals surface area (Å²) in [5.41, 5.74) is 0. The summed E-state index contributed by atoms with van der Waals surface area (Å²) in [6, 6.07) is 0.368. The fraction of sp³-hybridized carbons (Fsp3) is 1.00. The standard InChI is InChI=1S/C11H23NO3/c1-4-15-11-9(13)6-5-8(10(11)14)12-7(2)3/h7-14H,4-6H2,1-3H3/t8-,9-,10+,11+/m1/s1. The first-order chi connectivity index (χ1) is 7.06. The van der Waals surface area contributed by atoms with Gasteiger partial charge in [-0.25, -0.2) is 0 Å². The van der Waals surface area contributed by atoms with E-state index in [1.807, 2.05) is 20.8 Å². The summed E-state index contributed by atoms with van der Waals surface area (Å²) < 4.78 is 5.38. The predicted molar refractivity (Wildman–Crippen MR) is 58.7 cm³/mol. The number of hydrogen-bond donors (Lipinski definition) is 3. The topological polar surface area (TPSA) is 61.7 Å². The molecule has 0 bridgehead atoms. The minimum absolute atomic E-state index is 0.0324. The second kappa shape index (κ2) is 5.80. The fourth-order valence-corrected chi connectivity index (χ4v) is 2.15. The van der Waals surface area contributed by atoms with Gasteiger partial charge < -0.3 is 20.3 Å². The summed E-state index contributed by atoms with van der Waals surface area (Å²) in [6.07, 6.45) is -0.114. The van der Waals surface area contributed by atoms with Crippen molar-refractivity contribution in [3.8, 4) is 0 Å². The van der Waals surface area contributed by atoms with Crippen LogP contribution in [-0.2, 0) is 4.74 Å². The molecule has 0 spiro atoms. The van der Waals surface area contributed by atoms with E-state index in [9.17, 15) is 10.2 Å². The van der Waals surface area contributed by atoms with E-state index < -0.39 is 18.3 Å². The summed E-state index contributed by atoms with van der Waals surface area (Å²) >= 11 is 0. The molecule has 1 aliphatic carbocycles. The molecular formula is C11H23NO3. The largest absolute Gasteiger partial charge is 0.390 e. The van der Waals surface area contributed by atoms with Gasteiger partial charge in [0.2, 0.25) is 0 Å². The lowest BCUT2D eigenvalue weighted by Gasteiger charge is -2.39. The van der Waals surface area contributed by atoms with Crippen molar-refractivity contribution in [1.82, 2.24) is 5.32 Å². The number of hydrogen-bond acceptors (Lipinski definition) is 4. The highest BCUT2D eigenvalue weighted by atomic mass is 16.5. The molecule has 4 atom stereocenters. The van der Waals surface area contributed by atoms with E-state index in [0.717, 1.165) is 6.42 Å². The quantitative estimate of drug-likeness (QED) is 0.633. The molecule has 0 aromatic heterocycles. The highest BCUT2D eigenvalue weighted by molar-refractivity contribution is 4.92. The van der Waals surface area contributed by atoms with Crippen LogP contribution in [0.4, 0.5) is 0 Å². The van der Waals surface area contributed by atoms with Crippen molar-refractivity contribution in [1.29, 1.82) is 0 Å². The van der Waals surface area contributed by atoms with E-state index in [2.05, 4.69) is 5.32 Å². The molecule has 0 aromatic rings. The molecule has 0 unspecified atom stereocenters. The Morgan fingerprint density at radius 1 is 1.33 bits per heavy atom. The smallest absolute Gasteiger partial charge is 0.111 e. The Bertz CT molecular complexity index is 187. The van der Waals surface area contributed by atoms with Gasteiger partial charge in [-0.05, 0) is 19.8 Å². The lowest BCUT2D eigenvalue weighted by molar-refractivity contribution is -0.129. The van der Waals surface area contributed by atoms with Crippen LogP contribution < -0.4 is 5.32 Å². The normalized spacial score (nSPS) is 37.2. The summed E-state index contributed by atoms with van der Waals surface area (Å²) in [5, 5.41) is 23.0. The molecular weight excluding hydrogens is 194 g/mol. The van der Waals surface area contributed by atoms with Crippen LogP contribution in [0.25, 0.3) is 0 Å². The maximum Gasteiger partial charge on any atom is 0.111 e. The van der Waals surface area contributed by atoms with E-state index in [0.29, 0.717) is 19.1 Å². The molecule has 1 aliphatic rings. The zero-order valence-corrected chi connectivity index (χ0v) is 9.81. The van der Waals surface area contributed by atoms with Gasteiger partial charge in [-0.1, -0.05) is 13.8 Å². The predicted octanol–water partition coefficient (Wildman–Crippen LogP) is 0.274. The zero-order chi connectivity index (χ0) is 11.4. The summed E-state index contributed by atoms with van der Waals surface area (Å²) in [6.45, 7) is 6.49. The van der Waals surface area contributed by atoms with Gasteiger partial charge in [0.05, 0.1) is 12.2 Å². The Kier molecular flexibility index (Phi) is 4.99. The van der Waals surface area contributed by atoms with Crippen molar-refractivity contribution in [2.75, 3.05) is 6.61 Å². The molecule has 0 aromatic carbocycles. The molecule has 1 saturated carbocycles. The minimum Gasteiger partial charge on any atom is -0.390 e. The Balaban J connectivity index is 2.55. The Morgan fingerprint density at radius 3 is 2.53 bits per heavy atom. The van der Waals surface area contributed by atoms with E-state index >= 15 is 0 Å². The molecule has 0 heterocycles. The third kappa shape index (κ3) is 3.41. The maximum atomic E-state index is 10.0. The van der Waals surface area contributed by atoms with Gasteiger partial charge >= 0.3 is 0 Å². The summed E-state index contributed by atoms with van der Waals surface area (Å²) in [7, 11) is 0. The van der Waals surface area contributed by atoms with Crippen LogP contribution in [0.1, 0.15) is 33.6 Å². The van der Waals surface area contributed by atoms with E-state index in [-0.39, 0.29) is 6.04 Å². The van der Waals surface area contributed by atoms with Crippen LogP contribution >= 0.6 is 0 Å². The lowest BCUT2D eigenvalue weighted by Crippen LogP contribution is -2.56. The highest BCUT2D eigenvalue weighted by Crippen LogP contribution is 2.22. The van der Waals surface area contributed by atoms with Crippen LogP contribution in [-0.4, -0.2) is 47.2 Å².